The molecule has 2 aromatic heterocycles. The Kier molecular flexibility index (Phi) is 6.90. The molecular weight excluding hydrogens is 484 g/mol. The van der Waals surface area contributed by atoms with E-state index in [4.69, 9.17) is 14.5 Å². The van der Waals surface area contributed by atoms with Crippen LogP contribution >= 0.6 is 0 Å². The zero-order valence-electron chi connectivity index (χ0n) is 22.7. The molecule has 10 heteroatoms. The van der Waals surface area contributed by atoms with Gasteiger partial charge in [-0.3, -0.25) is 4.79 Å². The van der Waals surface area contributed by atoms with E-state index in [0.717, 1.165) is 41.1 Å². The van der Waals surface area contributed by atoms with Gasteiger partial charge in [0.2, 0.25) is 11.8 Å². The fraction of sp³-hybridized carbons (Fsp3) is 0.500. The largest absolute Gasteiger partial charge is 0.473 e. The fourth-order valence-electron chi connectivity index (χ4n) is 4.89. The predicted molar refractivity (Wildman–Crippen MR) is 144 cm³/mol. The molecule has 0 unspecified atom stereocenters. The Morgan fingerprint density at radius 1 is 1.13 bits per heavy atom. The molecule has 0 spiro atoms. The van der Waals surface area contributed by atoms with Gasteiger partial charge in [0.25, 0.3) is 0 Å². The van der Waals surface area contributed by atoms with Crippen LogP contribution in [-0.2, 0) is 9.53 Å². The summed E-state index contributed by atoms with van der Waals surface area (Å²) in [5.74, 6) is 0.683. The van der Waals surface area contributed by atoms with Gasteiger partial charge >= 0.3 is 6.09 Å². The number of ether oxygens (including phenoxy) is 2. The van der Waals surface area contributed by atoms with Gasteiger partial charge in [-0.1, -0.05) is 12.1 Å². The molecular formula is C28H36N6O4. The summed E-state index contributed by atoms with van der Waals surface area (Å²) in [5, 5.41) is 7.38. The van der Waals surface area contributed by atoms with E-state index < -0.39 is 5.60 Å². The minimum Gasteiger partial charge on any atom is -0.473 e. The summed E-state index contributed by atoms with van der Waals surface area (Å²) < 4.78 is 13.6. The summed E-state index contributed by atoms with van der Waals surface area (Å²) >= 11 is 0. The molecule has 0 radical (unpaired) electrons. The van der Waals surface area contributed by atoms with Gasteiger partial charge < -0.3 is 24.6 Å². The van der Waals surface area contributed by atoms with E-state index >= 15 is 0 Å². The summed E-state index contributed by atoms with van der Waals surface area (Å²) in [6.45, 7) is 13.0. The number of hydrogen-bond donors (Lipinski definition) is 1. The van der Waals surface area contributed by atoms with E-state index in [9.17, 15) is 9.59 Å². The Hall–Kier alpha value is -3.82. The molecule has 1 aromatic carbocycles. The summed E-state index contributed by atoms with van der Waals surface area (Å²) in [5.41, 5.74) is 4.12. The highest BCUT2D eigenvalue weighted by atomic mass is 16.6. The third kappa shape index (κ3) is 5.54. The molecule has 0 aliphatic carbocycles. The number of carbonyl (C=O) groups excluding carboxylic acids is 2. The number of fused-ring (bicyclic) bond motifs is 1. The first-order valence-electron chi connectivity index (χ1n) is 13.2. The molecule has 0 saturated carbocycles. The van der Waals surface area contributed by atoms with E-state index in [-0.39, 0.29) is 24.0 Å². The van der Waals surface area contributed by atoms with Gasteiger partial charge in [0, 0.05) is 61.9 Å². The zero-order chi connectivity index (χ0) is 27.0. The van der Waals surface area contributed by atoms with E-state index in [1.165, 1.54) is 0 Å². The van der Waals surface area contributed by atoms with E-state index in [2.05, 4.69) is 27.4 Å². The average Bonchev–Trinajstić information content (AvgIpc) is 3.49. The minimum absolute atomic E-state index is 0.0594. The van der Waals surface area contributed by atoms with Crippen molar-refractivity contribution in [1.29, 1.82) is 0 Å². The normalized spacial score (nSPS) is 19.0. The molecule has 5 rings (SSSR count). The van der Waals surface area contributed by atoms with Crippen LogP contribution in [0.15, 0.2) is 36.7 Å². The SMILES string of the molecule is Cc1cnn2cc(-c3ccc(N4CCN(C(=O)OC(C)(C)C)CC4)cc3)nc(O[C@H](C)[C@H]3CNC(=O)C3)c12. The van der Waals surface area contributed by atoms with E-state index in [1.807, 2.05) is 57.5 Å². The number of rotatable bonds is 5. The van der Waals surface area contributed by atoms with Gasteiger partial charge in [0.1, 0.15) is 17.2 Å². The molecule has 1 N–H and O–H groups in total. The van der Waals surface area contributed by atoms with Crippen molar-refractivity contribution >= 4 is 23.2 Å². The Balaban J connectivity index is 1.30. The molecule has 2 saturated heterocycles. The number of nitrogens with zero attached hydrogens (tertiary/aromatic N) is 5. The number of hydrogen-bond acceptors (Lipinski definition) is 7. The van der Waals surface area contributed by atoms with Gasteiger partial charge in [0.05, 0.1) is 18.1 Å². The highest BCUT2D eigenvalue weighted by Gasteiger charge is 2.29. The Morgan fingerprint density at radius 2 is 1.84 bits per heavy atom. The van der Waals surface area contributed by atoms with Crippen molar-refractivity contribution in [3.05, 3.63) is 42.2 Å². The number of piperazine rings is 1. The van der Waals surface area contributed by atoms with Crippen LogP contribution in [0.5, 0.6) is 5.88 Å². The molecule has 38 heavy (non-hydrogen) atoms. The molecule has 10 nitrogen and oxygen atoms in total. The molecule has 0 bridgehead atoms. The molecule has 202 valence electrons. The fourth-order valence-corrected chi connectivity index (χ4v) is 4.89. The summed E-state index contributed by atoms with van der Waals surface area (Å²) in [7, 11) is 0. The minimum atomic E-state index is -0.494. The number of aromatic nitrogens is 3. The van der Waals surface area contributed by atoms with Gasteiger partial charge in [-0.25, -0.2) is 14.3 Å². The van der Waals surface area contributed by atoms with Gasteiger partial charge in [-0.2, -0.15) is 5.10 Å². The van der Waals surface area contributed by atoms with Gasteiger partial charge in [0.15, 0.2) is 0 Å². The second kappa shape index (κ2) is 10.2. The molecule has 2 aliphatic rings. The Labute approximate surface area is 222 Å². The summed E-state index contributed by atoms with van der Waals surface area (Å²) in [6, 6.07) is 8.26. The van der Waals surface area contributed by atoms with Crippen molar-refractivity contribution in [3.8, 4) is 17.1 Å². The van der Waals surface area contributed by atoms with E-state index in [0.29, 0.717) is 31.9 Å². The van der Waals surface area contributed by atoms with Crippen molar-refractivity contribution < 1.29 is 19.1 Å². The van der Waals surface area contributed by atoms with Crippen molar-refractivity contribution in [1.82, 2.24) is 24.8 Å². The molecule has 2 atom stereocenters. The van der Waals surface area contributed by atoms with Crippen LogP contribution in [0.1, 0.15) is 39.7 Å². The topological polar surface area (TPSA) is 101 Å². The van der Waals surface area contributed by atoms with Gasteiger partial charge in [-0.05, 0) is 46.8 Å². The molecule has 2 amide bonds. The van der Waals surface area contributed by atoms with Crippen LogP contribution in [0.2, 0.25) is 0 Å². The maximum absolute atomic E-state index is 12.4. The second-order valence-corrected chi connectivity index (χ2v) is 11.1. The highest BCUT2D eigenvalue weighted by molar-refractivity contribution is 5.78. The van der Waals surface area contributed by atoms with Crippen LogP contribution in [0.25, 0.3) is 16.8 Å². The average molecular weight is 521 g/mol. The first kappa shape index (κ1) is 25.8. The van der Waals surface area contributed by atoms with Crippen molar-refractivity contribution in [2.24, 2.45) is 5.92 Å². The lowest BCUT2D eigenvalue weighted by Gasteiger charge is -2.36. The van der Waals surface area contributed by atoms with Crippen LogP contribution in [0.3, 0.4) is 0 Å². The lowest BCUT2D eigenvalue weighted by molar-refractivity contribution is -0.119. The third-order valence-corrected chi connectivity index (χ3v) is 7.08. The van der Waals surface area contributed by atoms with Gasteiger partial charge in [-0.15, -0.1) is 0 Å². The van der Waals surface area contributed by atoms with Crippen LogP contribution < -0.4 is 15.0 Å². The van der Waals surface area contributed by atoms with Crippen LogP contribution in [-0.4, -0.2) is 75.9 Å². The van der Waals surface area contributed by atoms with Crippen molar-refractivity contribution in [2.75, 3.05) is 37.6 Å². The molecule has 4 heterocycles. The maximum atomic E-state index is 12.4. The lowest BCUT2D eigenvalue weighted by Crippen LogP contribution is -2.50. The molecule has 2 aliphatic heterocycles. The number of nitrogens with one attached hydrogen (secondary N) is 1. The number of carbonyl (C=O) groups is 2. The standard InChI is InChI=1S/C28H36N6O4/c1-18-15-30-34-17-23(31-26(25(18)34)37-19(2)21-14-24(35)29-16-21)20-6-8-22(9-7-20)32-10-12-33(13-11-32)27(36)38-28(3,4)5/h6-9,15,17,19,21H,10-14,16H2,1-5H3,(H,29,35)/t19-,21-/m1/s1. The third-order valence-electron chi connectivity index (χ3n) is 7.08. The first-order chi connectivity index (χ1) is 18.1. The lowest BCUT2D eigenvalue weighted by atomic mass is 10.0. The summed E-state index contributed by atoms with van der Waals surface area (Å²) in [6.07, 6.45) is 3.75. The highest BCUT2D eigenvalue weighted by Crippen LogP contribution is 2.30. The number of aryl methyl sites for hydroxylation is 1. The Bertz CT molecular complexity index is 1320. The van der Waals surface area contributed by atoms with Crippen molar-refractivity contribution in [3.63, 3.8) is 0 Å². The second-order valence-electron chi connectivity index (χ2n) is 11.1. The number of amides is 2. The maximum Gasteiger partial charge on any atom is 0.410 e. The molecule has 3 aromatic rings. The smallest absolute Gasteiger partial charge is 0.410 e. The monoisotopic (exact) mass is 520 g/mol. The van der Waals surface area contributed by atoms with Crippen LogP contribution in [0, 0.1) is 12.8 Å². The number of benzene rings is 1. The van der Waals surface area contributed by atoms with Crippen molar-refractivity contribution in [2.45, 2.75) is 52.7 Å². The van der Waals surface area contributed by atoms with E-state index in [1.54, 1.807) is 11.1 Å². The summed E-state index contributed by atoms with van der Waals surface area (Å²) in [4.78, 5) is 33.0. The Morgan fingerprint density at radius 3 is 2.47 bits per heavy atom. The first-order valence-corrected chi connectivity index (χ1v) is 13.2. The molecule has 2 fully saturated rings. The zero-order valence-corrected chi connectivity index (χ0v) is 22.7. The quantitative estimate of drug-likeness (QED) is 0.548. The van der Waals surface area contributed by atoms with Crippen LogP contribution in [0.4, 0.5) is 10.5 Å². The number of anilines is 1. The predicted octanol–water partition coefficient (Wildman–Crippen LogP) is 3.67.